The number of pyridine rings is 1. The van der Waals surface area contributed by atoms with Crippen LogP contribution in [0.4, 0.5) is 9.52 Å². The summed E-state index contributed by atoms with van der Waals surface area (Å²) in [5, 5.41) is 10.8. The quantitative estimate of drug-likeness (QED) is 0.369. The molecule has 3 aromatic rings. The Kier molecular flexibility index (Phi) is 10.3. The normalized spacial score (nSPS) is 16.3. The van der Waals surface area contributed by atoms with E-state index in [0.29, 0.717) is 18.2 Å². The molecule has 0 saturated carbocycles. The second kappa shape index (κ2) is 13.7. The molecule has 0 aliphatic carbocycles. The largest absolute Gasteiger partial charge is 0.391 e. The van der Waals surface area contributed by atoms with Gasteiger partial charge in [-0.2, -0.15) is 0 Å². The fraction of sp³-hybridized carbons (Fsp3) is 0.516. The number of halogens is 1. The summed E-state index contributed by atoms with van der Waals surface area (Å²) in [6.45, 7) is 8.21. The van der Waals surface area contributed by atoms with Crippen molar-refractivity contribution in [1.82, 2.24) is 19.4 Å². The molecule has 1 amide bonds. The van der Waals surface area contributed by atoms with Gasteiger partial charge in [-0.05, 0) is 89.0 Å². The number of likely N-dealkylation sites (tertiary alicyclic amines) is 1. The minimum Gasteiger partial charge on any atom is -0.391 e. The van der Waals surface area contributed by atoms with Crippen LogP contribution in [0.1, 0.15) is 62.6 Å². The van der Waals surface area contributed by atoms with Crippen LogP contribution in [0.3, 0.4) is 0 Å². The first kappa shape index (κ1) is 30.9. The predicted octanol–water partition coefficient (Wildman–Crippen LogP) is 4.86. The van der Waals surface area contributed by atoms with Crippen LogP contribution >= 0.6 is 11.3 Å². The molecular formula is C31H43FN6O2S. The fourth-order valence-corrected chi connectivity index (χ4v) is 6.08. The highest BCUT2D eigenvalue weighted by atomic mass is 32.1. The third-order valence-corrected chi connectivity index (χ3v) is 9.03. The number of carbonyl (C=O) groups excluding carboxylic acids is 1. The third kappa shape index (κ3) is 7.42. The van der Waals surface area contributed by atoms with Gasteiger partial charge in [-0.3, -0.25) is 9.79 Å². The standard InChI is InChI=1S/C31H43FN6O2S/c1-7-21(2)33-28-13-10-25(23-14-16-37(17-15-23)29(40)19-35(4)5)18-38(28)22(3)36(6)31-34-30(27(20-39)41-31)24-8-11-26(32)12-9-24/h8-13,18,21-23,39H,7,14-17,19-20H2,1-6H3/b33-28-. The highest BCUT2D eigenvalue weighted by Gasteiger charge is 2.26. The zero-order valence-corrected chi connectivity index (χ0v) is 25.9. The monoisotopic (exact) mass is 582 g/mol. The van der Waals surface area contributed by atoms with Gasteiger partial charge in [-0.15, -0.1) is 0 Å². The number of nitrogens with zero attached hydrogens (tertiary/aromatic N) is 6. The van der Waals surface area contributed by atoms with Crippen LogP contribution in [0.15, 0.2) is 47.6 Å². The van der Waals surface area contributed by atoms with Crippen molar-refractivity contribution >= 4 is 22.4 Å². The van der Waals surface area contributed by atoms with Gasteiger partial charge < -0.3 is 24.4 Å². The van der Waals surface area contributed by atoms with E-state index in [4.69, 9.17) is 9.98 Å². The molecule has 41 heavy (non-hydrogen) atoms. The number of likely N-dealkylation sites (N-methyl/N-ethyl adjacent to an activating group) is 1. The summed E-state index contributed by atoms with van der Waals surface area (Å²) in [6, 6.07) is 10.7. The molecule has 0 spiro atoms. The number of anilines is 1. The Labute approximate surface area is 246 Å². The van der Waals surface area contributed by atoms with Gasteiger partial charge in [-0.1, -0.05) is 24.3 Å². The zero-order chi connectivity index (χ0) is 29.7. The molecule has 2 aromatic heterocycles. The van der Waals surface area contributed by atoms with Crippen LogP contribution in [0, 0.1) is 5.82 Å². The molecule has 10 heteroatoms. The molecule has 1 aliphatic rings. The minimum absolute atomic E-state index is 0.113. The van der Waals surface area contributed by atoms with E-state index in [2.05, 4.69) is 48.6 Å². The van der Waals surface area contributed by atoms with Gasteiger partial charge in [0.25, 0.3) is 0 Å². The van der Waals surface area contributed by atoms with Crippen LogP contribution in [0.25, 0.3) is 11.3 Å². The Morgan fingerprint density at radius 2 is 1.83 bits per heavy atom. The molecule has 0 bridgehead atoms. The summed E-state index contributed by atoms with van der Waals surface area (Å²) >= 11 is 1.44. The van der Waals surface area contributed by atoms with E-state index in [1.165, 1.54) is 29.0 Å². The van der Waals surface area contributed by atoms with Gasteiger partial charge >= 0.3 is 0 Å². The van der Waals surface area contributed by atoms with Crippen molar-refractivity contribution in [3.8, 4) is 11.3 Å². The van der Waals surface area contributed by atoms with Crippen molar-refractivity contribution in [2.75, 3.05) is 45.7 Å². The van der Waals surface area contributed by atoms with E-state index in [1.54, 1.807) is 12.1 Å². The number of benzene rings is 1. The molecule has 0 radical (unpaired) electrons. The maximum atomic E-state index is 13.5. The number of aromatic nitrogens is 2. The number of carbonyl (C=O) groups is 1. The van der Waals surface area contributed by atoms with Crippen LogP contribution in [-0.4, -0.2) is 77.2 Å². The van der Waals surface area contributed by atoms with Gasteiger partial charge in [0.05, 0.1) is 23.7 Å². The Balaban J connectivity index is 1.62. The molecule has 222 valence electrons. The Hall–Kier alpha value is -3.08. The summed E-state index contributed by atoms with van der Waals surface area (Å²) in [5.74, 6) is 0.248. The van der Waals surface area contributed by atoms with E-state index in [1.807, 2.05) is 30.9 Å². The lowest BCUT2D eigenvalue weighted by Gasteiger charge is -2.34. The molecule has 2 atom stereocenters. The van der Waals surface area contributed by atoms with E-state index in [-0.39, 0.29) is 30.5 Å². The average molecular weight is 583 g/mol. The average Bonchev–Trinajstić information content (AvgIpc) is 3.41. The highest BCUT2D eigenvalue weighted by Crippen LogP contribution is 2.35. The number of aliphatic hydroxyl groups is 1. The number of thiazole rings is 1. The van der Waals surface area contributed by atoms with Crippen molar-refractivity contribution < 1.29 is 14.3 Å². The lowest BCUT2D eigenvalue weighted by atomic mass is 9.90. The minimum atomic E-state index is -0.305. The van der Waals surface area contributed by atoms with Gasteiger partial charge in [-0.25, -0.2) is 9.37 Å². The molecule has 1 aliphatic heterocycles. The third-order valence-electron chi connectivity index (χ3n) is 7.90. The molecule has 3 heterocycles. The Morgan fingerprint density at radius 3 is 2.44 bits per heavy atom. The first-order chi connectivity index (χ1) is 19.6. The first-order valence-electron chi connectivity index (χ1n) is 14.4. The first-order valence-corrected chi connectivity index (χ1v) is 15.2. The van der Waals surface area contributed by atoms with Crippen molar-refractivity contribution in [2.24, 2.45) is 4.99 Å². The maximum absolute atomic E-state index is 13.5. The second-order valence-corrected chi connectivity index (χ2v) is 12.2. The molecule has 4 rings (SSSR count). The molecule has 2 unspecified atom stereocenters. The number of hydrogen-bond donors (Lipinski definition) is 1. The lowest BCUT2D eigenvalue weighted by Crippen LogP contribution is -2.42. The van der Waals surface area contributed by atoms with Crippen molar-refractivity contribution in [2.45, 2.75) is 64.8 Å². The number of piperidine rings is 1. The summed E-state index contributed by atoms with van der Waals surface area (Å²) in [7, 11) is 5.85. The SMILES string of the molecule is CCC(C)/N=c1/ccc(C2CCN(C(=O)CN(C)C)CC2)cn1C(C)N(C)c1nc(-c2ccc(F)cc2)c(CO)s1. The number of amides is 1. The summed E-state index contributed by atoms with van der Waals surface area (Å²) < 4.78 is 15.7. The van der Waals surface area contributed by atoms with Gasteiger partial charge in [0.1, 0.15) is 17.5 Å². The van der Waals surface area contributed by atoms with E-state index in [0.717, 1.165) is 53.4 Å². The number of aliphatic hydroxyl groups excluding tert-OH is 1. The van der Waals surface area contributed by atoms with Gasteiger partial charge in [0.2, 0.25) is 5.91 Å². The second-order valence-electron chi connectivity index (χ2n) is 11.2. The zero-order valence-electron chi connectivity index (χ0n) is 25.0. The molecule has 1 N–H and O–H groups in total. The van der Waals surface area contributed by atoms with Crippen LogP contribution in [-0.2, 0) is 11.4 Å². The van der Waals surface area contributed by atoms with Crippen molar-refractivity contribution in [1.29, 1.82) is 0 Å². The highest BCUT2D eigenvalue weighted by molar-refractivity contribution is 7.16. The molecule has 1 aromatic carbocycles. The summed E-state index contributed by atoms with van der Waals surface area (Å²) in [4.78, 5) is 29.2. The van der Waals surface area contributed by atoms with Gasteiger partial charge in [0, 0.05) is 37.9 Å². The van der Waals surface area contributed by atoms with Crippen LogP contribution in [0.2, 0.25) is 0 Å². The van der Waals surface area contributed by atoms with E-state index in [9.17, 15) is 14.3 Å². The Bertz CT molecular complexity index is 1380. The fourth-order valence-electron chi connectivity index (χ4n) is 5.10. The number of hydrogen-bond acceptors (Lipinski definition) is 7. The summed E-state index contributed by atoms with van der Waals surface area (Å²) in [6.07, 6.45) is 4.90. The van der Waals surface area contributed by atoms with Crippen LogP contribution < -0.4 is 10.4 Å². The summed E-state index contributed by atoms with van der Waals surface area (Å²) in [5.41, 5.74) is 3.59. The molecule has 8 nitrogen and oxygen atoms in total. The molecule has 1 saturated heterocycles. The van der Waals surface area contributed by atoms with Crippen molar-refractivity contribution in [3.63, 3.8) is 0 Å². The van der Waals surface area contributed by atoms with Gasteiger partial charge in [0.15, 0.2) is 5.13 Å². The van der Waals surface area contributed by atoms with Crippen molar-refractivity contribution in [3.05, 3.63) is 64.3 Å². The van der Waals surface area contributed by atoms with E-state index >= 15 is 0 Å². The smallest absolute Gasteiger partial charge is 0.236 e. The maximum Gasteiger partial charge on any atom is 0.236 e. The molecular weight excluding hydrogens is 539 g/mol. The topological polar surface area (TPSA) is 77.2 Å². The predicted molar refractivity (Wildman–Crippen MR) is 163 cm³/mol. The van der Waals surface area contributed by atoms with Crippen LogP contribution in [0.5, 0.6) is 0 Å². The lowest BCUT2D eigenvalue weighted by molar-refractivity contribution is -0.132. The van der Waals surface area contributed by atoms with E-state index < -0.39 is 0 Å². The number of rotatable bonds is 10. The Morgan fingerprint density at radius 1 is 1.15 bits per heavy atom. The molecule has 1 fully saturated rings.